The molecule has 4 aromatic rings. The summed E-state index contributed by atoms with van der Waals surface area (Å²) in [5.74, 6) is 0.290. The van der Waals surface area contributed by atoms with Gasteiger partial charge in [0.15, 0.2) is 6.29 Å². The third kappa shape index (κ3) is 7.11. The maximum atomic E-state index is 14.2. The summed E-state index contributed by atoms with van der Waals surface area (Å²) >= 11 is 0. The van der Waals surface area contributed by atoms with Gasteiger partial charge in [-0.1, -0.05) is 72.8 Å². The number of nitrogens with zero attached hydrogens (tertiary/aromatic N) is 2. The van der Waals surface area contributed by atoms with Crippen molar-refractivity contribution in [3.8, 4) is 23.0 Å². The molecule has 1 fully saturated rings. The van der Waals surface area contributed by atoms with Crippen molar-refractivity contribution in [1.82, 2.24) is 9.80 Å². The highest BCUT2D eigenvalue weighted by atomic mass is 31.2. The van der Waals surface area contributed by atoms with Gasteiger partial charge in [-0.3, -0.25) is 9.69 Å². The second-order valence-electron chi connectivity index (χ2n) is 10.1. The minimum atomic E-state index is -4.20. The van der Waals surface area contributed by atoms with Crippen LogP contribution in [0.25, 0.3) is 0 Å². The summed E-state index contributed by atoms with van der Waals surface area (Å²) in [5, 5.41) is 0. The van der Waals surface area contributed by atoms with Crippen LogP contribution in [-0.2, 0) is 13.9 Å². The molecule has 1 saturated heterocycles. The number of hydrogen-bond acceptors (Lipinski definition) is 8. The molecule has 12 heteroatoms. The van der Waals surface area contributed by atoms with Crippen LogP contribution >= 0.6 is 15.2 Å². The second kappa shape index (κ2) is 12.4. The lowest BCUT2D eigenvalue weighted by Gasteiger charge is -2.30. The van der Waals surface area contributed by atoms with Crippen LogP contribution in [0.2, 0.25) is 0 Å². The van der Waals surface area contributed by atoms with Crippen LogP contribution in [0.5, 0.6) is 23.0 Å². The van der Waals surface area contributed by atoms with Crippen molar-refractivity contribution < 1.29 is 36.8 Å². The predicted octanol–water partition coefficient (Wildman–Crippen LogP) is 7.65. The highest BCUT2D eigenvalue weighted by Crippen LogP contribution is 2.53. The zero-order chi connectivity index (χ0) is 30.5. The first-order valence-corrected chi connectivity index (χ1v) is 16.8. The lowest BCUT2D eigenvalue weighted by molar-refractivity contribution is -0.131. The molecule has 222 valence electrons. The molecule has 0 spiro atoms. The number of amides is 3. The van der Waals surface area contributed by atoms with Crippen molar-refractivity contribution in [2.24, 2.45) is 0 Å². The lowest BCUT2D eigenvalue weighted by atomic mass is 10.1. The SMILES string of the molecule is CC1(C)C(=O)N(CP(=O)(Oc2ccccc2)Oc2ccccc2)C(=O)N1CP(=O)(Oc1ccccc1)Oc1ccccc1. The number of carbonyl (C=O) groups excluding carboxylic acids is 2. The van der Waals surface area contributed by atoms with Gasteiger partial charge in [-0.15, -0.1) is 0 Å². The Labute approximate surface area is 249 Å². The van der Waals surface area contributed by atoms with Crippen LogP contribution in [-0.4, -0.2) is 39.8 Å². The monoisotopic (exact) mass is 620 g/mol. The van der Waals surface area contributed by atoms with E-state index in [1.54, 1.807) is 121 Å². The van der Waals surface area contributed by atoms with Gasteiger partial charge < -0.3 is 18.1 Å². The van der Waals surface area contributed by atoms with Crippen LogP contribution in [0, 0.1) is 0 Å². The maximum Gasteiger partial charge on any atom is 0.450 e. The highest BCUT2D eigenvalue weighted by molar-refractivity contribution is 7.55. The van der Waals surface area contributed by atoms with E-state index in [1.165, 1.54) is 13.8 Å². The number of imide groups is 1. The van der Waals surface area contributed by atoms with Gasteiger partial charge in [0.1, 0.15) is 34.8 Å². The summed E-state index contributed by atoms with van der Waals surface area (Å²) in [6.07, 6.45) is -1.27. The fraction of sp³-hybridized carbons (Fsp3) is 0.161. The summed E-state index contributed by atoms with van der Waals surface area (Å²) < 4.78 is 51.7. The van der Waals surface area contributed by atoms with E-state index in [0.29, 0.717) is 0 Å². The molecule has 0 atom stereocenters. The molecule has 0 unspecified atom stereocenters. The van der Waals surface area contributed by atoms with Crippen LogP contribution < -0.4 is 18.1 Å². The van der Waals surface area contributed by atoms with Crippen molar-refractivity contribution in [2.45, 2.75) is 19.4 Å². The van der Waals surface area contributed by atoms with Crippen molar-refractivity contribution in [1.29, 1.82) is 0 Å². The van der Waals surface area contributed by atoms with E-state index < -0.39 is 45.2 Å². The van der Waals surface area contributed by atoms with Crippen molar-refractivity contribution in [3.05, 3.63) is 121 Å². The smallest absolute Gasteiger partial charge is 0.415 e. The summed E-state index contributed by atoms with van der Waals surface area (Å²) in [4.78, 5) is 29.4. The van der Waals surface area contributed by atoms with E-state index >= 15 is 0 Å². The number of carbonyl (C=O) groups is 2. The highest BCUT2D eigenvalue weighted by Gasteiger charge is 2.56. The summed E-state index contributed by atoms with van der Waals surface area (Å²) in [6.45, 7) is 3.01. The molecule has 0 aromatic heterocycles. The average Bonchev–Trinajstić information content (AvgIpc) is 3.14. The average molecular weight is 621 g/mol. The molecule has 43 heavy (non-hydrogen) atoms. The topological polar surface area (TPSA) is 112 Å². The van der Waals surface area contributed by atoms with Gasteiger partial charge in [0.2, 0.25) is 0 Å². The Hall–Kier alpha value is -4.52. The quantitative estimate of drug-likeness (QED) is 0.117. The fourth-order valence-corrected chi connectivity index (χ4v) is 7.84. The third-order valence-electron chi connectivity index (χ3n) is 6.49. The Kier molecular flexibility index (Phi) is 8.62. The molecule has 3 amide bonds. The van der Waals surface area contributed by atoms with E-state index in [1.807, 2.05) is 0 Å². The van der Waals surface area contributed by atoms with Crippen LogP contribution in [0.3, 0.4) is 0 Å². The molecule has 4 aromatic carbocycles. The molecule has 0 N–H and O–H groups in total. The Morgan fingerprint density at radius 3 is 1.16 bits per heavy atom. The molecule has 1 heterocycles. The molecule has 1 aliphatic rings. The van der Waals surface area contributed by atoms with Gasteiger partial charge >= 0.3 is 21.2 Å². The number of urea groups is 1. The Bertz CT molecular complexity index is 1560. The van der Waals surface area contributed by atoms with Gasteiger partial charge in [-0.05, 0) is 62.4 Å². The zero-order valence-electron chi connectivity index (χ0n) is 23.5. The van der Waals surface area contributed by atoms with Crippen LogP contribution in [0.15, 0.2) is 121 Å². The van der Waals surface area contributed by atoms with Gasteiger partial charge in [0.25, 0.3) is 5.91 Å². The third-order valence-corrected chi connectivity index (χ3v) is 9.70. The Morgan fingerprint density at radius 1 is 0.535 bits per heavy atom. The summed E-state index contributed by atoms with van der Waals surface area (Å²) in [5.41, 5.74) is -1.50. The van der Waals surface area contributed by atoms with Crippen molar-refractivity contribution in [2.75, 3.05) is 12.6 Å². The molecule has 1 aliphatic heterocycles. The first-order chi connectivity index (χ1) is 20.6. The van der Waals surface area contributed by atoms with Crippen molar-refractivity contribution >= 4 is 27.1 Å². The Morgan fingerprint density at radius 2 is 0.837 bits per heavy atom. The van der Waals surface area contributed by atoms with E-state index in [0.717, 1.165) is 9.80 Å². The molecular weight excluding hydrogens is 590 g/mol. The Balaban J connectivity index is 1.44. The molecule has 0 radical (unpaired) electrons. The molecule has 0 saturated carbocycles. The zero-order valence-corrected chi connectivity index (χ0v) is 25.3. The molecule has 10 nitrogen and oxygen atoms in total. The van der Waals surface area contributed by atoms with Gasteiger partial charge in [-0.2, -0.15) is 0 Å². The molecule has 0 bridgehead atoms. The van der Waals surface area contributed by atoms with Gasteiger partial charge in [-0.25, -0.2) is 18.8 Å². The number of hydrogen-bond donors (Lipinski definition) is 0. The minimum absolute atomic E-state index is 0.231. The normalized spacial score (nSPS) is 14.8. The van der Waals surface area contributed by atoms with E-state index in [4.69, 9.17) is 18.1 Å². The molecule has 5 rings (SSSR count). The van der Waals surface area contributed by atoms with E-state index in [2.05, 4.69) is 0 Å². The summed E-state index contributed by atoms with van der Waals surface area (Å²) in [7, 11) is -8.35. The predicted molar refractivity (Wildman–Crippen MR) is 161 cm³/mol. The summed E-state index contributed by atoms with van der Waals surface area (Å²) in [6, 6.07) is 32.6. The first-order valence-electron chi connectivity index (χ1n) is 13.4. The molecular formula is C31H30N2O8P2. The van der Waals surface area contributed by atoms with Crippen LogP contribution in [0.1, 0.15) is 13.8 Å². The standard InChI is InChI=1S/C31H30N2O8P2/c1-31(2)29(34)32(23-42(36,38-25-15-7-3-8-16-25)39-26-17-9-4-10-18-26)30(35)33(31)24-43(37,40-27-19-11-5-12-20-27)41-28-21-13-6-14-22-28/h3-22H,23-24H2,1-2H3. The first kappa shape index (κ1) is 30.0. The largest absolute Gasteiger partial charge is 0.450 e. The number of para-hydroxylation sites is 4. The number of benzene rings is 4. The minimum Gasteiger partial charge on any atom is -0.415 e. The van der Waals surface area contributed by atoms with Gasteiger partial charge in [0.05, 0.1) is 0 Å². The maximum absolute atomic E-state index is 14.2. The fourth-order valence-electron chi connectivity index (χ4n) is 4.35. The van der Waals surface area contributed by atoms with Crippen molar-refractivity contribution in [3.63, 3.8) is 0 Å². The number of rotatable bonds is 12. The lowest BCUT2D eigenvalue weighted by Crippen LogP contribution is -2.45. The van der Waals surface area contributed by atoms with Crippen LogP contribution in [0.4, 0.5) is 4.79 Å². The van der Waals surface area contributed by atoms with Gasteiger partial charge in [0, 0.05) is 0 Å². The van der Waals surface area contributed by atoms with E-state index in [-0.39, 0.29) is 23.0 Å². The second-order valence-corrected chi connectivity index (χ2v) is 13.9. The van der Waals surface area contributed by atoms with E-state index in [9.17, 15) is 18.7 Å². The molecule has 0 aliphatic carbocycles.